The van der Waals surface area contributed by atoms with Crippen LogP contribution in [0.4, 0.5) is 8.78 Å². The Labute approximate surface area is 114 Å². The molecule has 0 fully saturated rings. The van der Waals surface area contributed by atoms with Crippen molar-refractivity contribution >= 4 is 23.2 Å². The normalized spacial score (nSPS) is 12.5. The molecule has 1 atom stereocenters. The first kappa shape index (κ1) is 13.3. The first-order chi connectivity index (χ1) is 8.50. The van der Waals surface area contributed by atoms with E-state index in [4.69, 9.17) is 23.2 Å². The molecule has 18 heavy (non-hydrogen) atoms. The summed E-state index contributed by atoms with van der Waals surface area (Å²) in [5.74, 6) is -1.92. The Kier molecular flexibility index (Phi) is 3.88. The summed E-state index contributed by atoms with van der Waals surface area (Å²) >= 11 is 12.2. The number of alkyl halides is 1. The lowest BCUT2D eigenvalue weighted by molar-refractivity contribution is 0.507. The zero-order chi connectivity index (χ0) is 13.3. The van der Waals surface area contributed by atoms with E-state index in [0.29, 0.717) is 5.56 Å². The fraction of sp³-hybridized carbons (Fsp3) is 0.143. The Morgan fingerprint density at radius 2 is 1.61 bits per heavy atom. The molecule has 0 N–H and O–H groups in total. The van der Waals surface area contributed by atoms with Gasteiger partial charge in [0, 0.05) is 5.02 Å². The summed E-state index contributed by atoms with van der Waals surface area (Å²) in [6.07, 6.45) is 0. The smallest absolute Gasteiger partial charge is 0.160 e. The van der Waals surface area contributed by atoms with Crippen LogP contribution in [0, 0.1) is 18.6 Å². The third-order valence-electron chi connectivity index (χ3n) is 2.77. The lowest BCUT2D eigenvalue weighted by atomic mass is 10.00. The van der Waals surface area contributed by atoms with Gasteiger partial charge in [-0.15, -0.1) is 11.6 Å². The van der Waals surface area contributed by atoms with E-state index in [1.165, 1.54) is 0 Å². The van der Waals surface area contributed by atoms with Gasteiger partial charge in [-0.1, -0.05) is 35.9 Å². The predicted octanol–water partition coefficient (Wildman–Crippen LogP) is 5.25. The third-order valence-corrected chi connectivity index (χ3v) is 3.57. The van der Waals surface area contributed by atoms with Gasteiger partial charge in [-0.25, -0.2) is 8.78 Å². The van der Waals surface area contributed by atoms with Crippen LogP contribution in [-0.2, 0) is 0 Å². The molecule has 0 saturated heterocycles. The highest BCUT2D eigenvalue weighted by Gasteiger charge is 2.18. The quantitative estimate of drug-likeness (QED) is 0.522. The first-order valence-corrected chi connectivity index (χ1v) is 6.16. The molecule has 2 aromatic carbocycles. The van der Waals surface area contributed by atoms with Crippen molar-refractivity contribution in [3.05, 3.63) is 69.7 Å². The fourth-order valence-electron chi connectivity index (χ4n) is 1.77. The highest BCUT2D eigenvalue weighted by Crippen LogP contribution is 2.36. The maximum atomic E-state index is 13.2. The van der Waals surface area contributed by atoms with E-state index in [0.717, 1.165) is 23.3 Å². The van der Waals surface area contributed by atoms with Gasteiger partial charge in [0.15, 0.2) is 11.6 Å². The highest BCUT2D eigenvalue weighted by atomic mass is 35.5. The summed E-state index contributed by atoms with van der Waals surface area (Å²) in [7, 11) is 0. The van der Waals surface area contributed by atoms with E-state index < -0.39 is 17.0 Å². The molecule has 0 spiro atoms. The molecular formula is C14H10Cl2F2. The van der Waals surface area contributed by atoms with Gasteiger partial charge in [0.1, 0.15) is 0 Å². The summed E-state index contributed by atoms with van der Waals surface area (Å²) in [5.41, 5.74) is 2.16. The minimum absolute atomic E-state index is 0.122. The van der Waals surface area contributed by atoms with E-state index >= 15 is 0 Å². The molecule has 1 unspecified atom stereocenters. The van der Waals surface area contributed by atoms with E-state index in [-0.39, 0.29) is 5.02 Å². The van der Waals surface area contributed by atoms with Crippen LogP contribution >= 0.6 is 23.2 Å². The Bertz CT molecular complexity index is 582. The molecule has 4 heteroatoms. The second-order valence-electron chi connectivity index (χ2n) is 4.01. The van der Waals surface area contributed by atoms with E-state index in [1.807, 2.05) is 31.2 Å². The molecule has 0 amide bonds. The van der Waals surface area contributed by atoms with Crippen LogP contribution in [0.25, 0.3) is 0 Å². The summed E-state index contributed by atoms with van der Waals surface area (Å²) in [5, 5.41) is -0.481. The molecule has 0 aliphatic heterocycles. The van der Waals surface area contributed by atoms with Crippen LogP contribution in [0.1, 0.15) is 22.1 Å². The number of hydrogen-bond acceptors (Lipinski definition) is 0. The van der Waals surface area contributed by atoms with Crippen molar-refractivity contribution in [3.8, 4) is 0 Å². The summed E-state index contributed by atoms with van der Waals surface area (Å²) in [6.45, 7) is 1.90. The molecular weight excluding hydrogens is 277 g/mol. The second-order valence-corrected chi connectivity index (χ2v) is 4.85. The molecule has 0 heterocycles. The zero-order valence-corrected chi connectivity index (χ0v) is 11.1. The molecule has 0 aliphatic carbocycles. The molecule has 94 valence electrons. The summed E-state index contributed by atoms with van der Waals surface area (Å²) in [4.78, 5) is 0. The Morgan fingerprint density at radius 1 is 1.00 bits per heavy atom. The van der Waals surface area contributed by atoms with Gasteiger partial charge in [0.25, 0.3) is 0 Å². The Hall–Kier alpha value is -1.12. The van der Waals surface area contributed by atoms with Gasteiger partial charge < -0.3 is 0 Å². The molecule has 0 radical (unpaired) electrons. The van der Waals surface area contributed by atoms with Gasteiger partial charge in [-0.3, -0.25) is 0 Å². The maximum Gasteiger partial charge on any atom is 0.160 e. The van der Waals surface area contributed by atoms with E-state index in [1.54, 1.807) is 0 Å². The summed E-state index contributed by atoms with van der Waals surface area (Å²) in [6, 6.07) is 9.45. The maximum absolute atomic E-state index is 13.2. The molecule has 0 aromatic heterocycles. The molecule has 2 rings (SSSR count). The average Bonchev–Trinajstić information content (AvgIpc) is 2.33. The van der Waals surface area contributed by atoms with Crippen molar-refractivity contribution in [3.63, 3.8) is 0 Å². The van der Waals surface area contributed by atoms with Gasteiger partial charge in [0.05, 0.1) is 5.38 Å². The fourth-order valence-corrected chi connectivity index (χ4v) is 2.51. The monoisotopic (exact) mass is 286 g/mol. The van der Waals surface area contributed by atoms with E-state index in [9.17, 15) is 8.78 Å². The van der Waals surface area contributed by atoms with Gasteiger partial charge >= 0.3 is 0 Å². The van der Waals surface area contributed by atoms with Crippen molar-refractivity contribution in [2.45, 2.75) is 12.3 Å². The molecule has 0 nitrogen and oxygen atoms in total. The lowest BCUT2D eigenvalue weighted by Crippen LogP contribution is -1.99. The Balaban J connectivity index is 2.50. The first-order valence-electron chi connectivity index (χ1n) is 5.34. The van der Waals surface area contributed by atoms with Crippen LogP contribution in [0.2, 0.25) is 5.02 Å². The van der Waals surface area contributed by atoms with Crippen LogP contribution in [0.15, 0.2) is 36.4 Å². The van der Waals surface area contributed by atoms with Gasteiger partial charge in [-0.2, -0.15) is 0 Å². The van der Waals surface area contributed by atoms with Crippen LogP contribution in [0.5, 0.6) is 0 Å². The van der Waals surface area contributed by atoms with Crippen molar-refractivity contribution in [2.24, 2.45) is 0 Å². The number of halogens is 4. The molecule has 2 aromatic rings. The molecule has 0 aliphatic rings. The van der Waals surface area contributed by atoms with Crippen LogP contribution < -0.4 is 0 Å². The molecule has 0 saturated carbocycles. The van der Waals surface area contributed by atoms with Crippen LogP contribution in [0.3, 0.4) is 0 Å². The third kappa shape index (κ3) is 2.50. The standard InChI is InChI=1S/C14H10Cl2F2/c1-8-4-2-3-5-9(8)14(16)10-6-12(17)13(18)7-11(10)15/h2-7,14H,1H3. The zero-order valence-electron chi connectivity index (χ0n) is 9.55. The minimum atomic E-state index is -0.975. The van der Waals surface area contributed by atoms with Crippen LogP contribution in [-0.4, -0.2) is 0 Å². The number of rotatable bonds is 2. The summed E-state index contributed by atoms with van der Waals surface area (Å²) < 4.78 is 26.2. The number of aryl methyl sites for hydroxylation is 1. The van der Waals surface area contributed by atoms with Crippen molar-refractivity contribution < 1.29 is 8.78 Å². The number of hydrogen-bond donors (Lipinski definition) is 0. The number of benzene rings is 2. The predicted molar refractivity (Wildman–Crippen MR) is 70.2 cm³/mol. The van der Waals surface area contributed by atoms with Crippen molar-refractivity contribution in [1.82, 2.24) is 0 Å². The van der Waals surface area contributed by atoms with Gasteiger partial charge in [-0.05, 0) is 35.7 Å². The molecule has 0 bridgehead atoms. The second kappa shape index (κ2) is 5.25. The van der Waals surface area contributed by atoms with Crippen molar-refractivity contribution in [2.75, 3.05) is 0 Å². The topological polar surface area (TPSA) is 0 Å². The Morgan fingerprint density at radius 3 is 2.28 bits per heavy atom. The lowest BCUT2D eigenvalue weighted by Gasteiger charge is -2.14. The average molecular weight is 287 g/mol. The van der Waals surface area contributed by atoms with Gasteiger partial charge in [0.2, 0.25) is 0 Å². The minimum Gasteiger partial charge on any atom is -0.204 e. The van der Waals surface area contributed by atoms with E-state index in [2.05, 4.69) is 0 Å². The largest absolute Gasteiger partial charge is 0.204 e. The van der Waals surface area contributed by atoms with Crippen molar-refractivity contribution in [1.29, 1.82) is 0 Å². The highest BCUT2D eigenvalue weighted by molar-refractivity contribution is 6.33. The SMILES string of the molecule is Cc1ccccc1C(Cl)c1cc(F)c(F)cc1Cl.